The first-order valence-electron chi connectivity index (χ1n) is 7.29. The standard InChI is InChI=1S/C16H15ClN4O2S/c1-11-10-24-16(23)20(11)9-6-14(22)19-13-5-2-4-12(17)15(13)21-8-3-7-18-21/h2-5,7-8,10H,6,9H2,1H3,(H,19,22). The van der Waals surface area contributed by atoms with E-state index in [9.17, 15) is 9.59 Å². The number of aromatic nitrogens is 3. The van der Waals surface area contributed by atoms with E-state index in [1.165, 1.54) is 0 Å². The van der Waals surface area contributed by atoms with Crippen LogP contribution in [-0.2, 0) is 11.3 Å². The van der Waals surface area contributed by atoms with Gasteiger partial charge in [0.25, 0.3) is 0 Å². The molecule has 3 aromatic rings. The van der Waals surface area contributed by atoms with Gasteiger partial charge in [0.2, 0.25) is 5.91 Å². The van der Waals surface area contributed by atoms with Gasteiger partial charge < -0.3 is 9.88 Å². The van der Waals surface area contributed by atoms with Crippen molar-refractivity contribution in [3.05, 3.63) is 62.4 Å². The summed E-state index contributed by atoms with van der Waals surface area (Å²) in [5, 5.41) is 9.28. The van der Waals surface area contributed by atoms with E-state index in [1.807, 2.05) is 6.92 Å². The van der Waals surface area contributed by atoms with Crippen LogP contribution in [0.25, 0.3) is 5.69 Å². The Labute approximate surface area is 147 Å². The fourth-order valence-electron chi connectivity index (χ4n) is 2.35. The number of amides is 1. The molecule has 0 aliphatic rings. The van der Waals surface area contributed by atoms with Gasteiger partial charge in [-0.25, -0.2) is 4.68 Å². The van der Waals surface area contributed by atoms with E-state index in [0.29, 0.717) is 22.9 Å². The second-order valence-electron chi connectivity index (χ2n) is 5.18. The number of hydrogen-bond donors (Lipinski definition) is 1. The molecule has 0 spiro atoms. The molecule has 0 saturated heterocycles. The molecule has 0 bridgehead atoms. The molecule has 0 saturated carbocycles. The van der Waals surface area contributed by atoms with Crippen LogP contribution in [0.1, 0.15) is 12.1 Å². The van der Waals surface area contributed by atoms with Gasteiger partial charge >= 0.3 is 4.87 Å². The Hall–Kier alpha value is -2.38. The minimum Gasteiger partial charge on any atom is -0.324 e. The molecule has 24 heavy (non-hydrogen) atoms. The molecule has 124 valence electrons. The molecule has 0 aliphatic heterocycles. The van der Waals surface area contributed by atoms with Crippen LogP contribution in [0, 0.1) is 6.92 Å². The molecule has 1 N–H and O–H groups in total. The van der Waals surface area contributed by atoms with Crippen molar-refractivity contribution in [1.82, 2.24) is 14.3 Å². The van der Waals surface area contributed by atoms with Crippen molar-refractivity contribution in [2.24, 2.45) is 0 Å². The highest BCUT2D eigenvalue weighted by atomic mass is 35.5. The topological polar surface area (TPSA) is 68.9 Å². The number of anilines is 1. The number of benzene rings is 1. The quantitative estimate of drug-likeness (QED) is 0.758. The number of carbonyl (C=O) groups is 1. The molecule has 0 unspecified atom stereocenters. The smallest absolute Gasteiger partial charge is 0.307 e. The van der Waals surface area contributed by atoms with Gasteiger partial charge in [0.1, 0.15) is 5.69 Å². The molecule has 0 atom stereocenters. The summed E-state index contributed by atoms with van der Waals surface area (Å²) in [4.78, 5) is 23.9. The Balaban J connectivity index is 1.76. The maximum atomic E-state index is 12.3. The molecule has 8 heteroatoms. The first-order chi connectivity index (χ1) is 11.6. The highest BCUT2D eigenvalue weighted by Crippen LogP contribution is 2.28. The summed E-state index contributed by atoms with van der Waals surface area (Å²) in [6.07, 6.45) is 3.59. The number of para-hydroxylation sites is 1. The first-order valence-corrected chi connectivity index (χ1v) is 8.55. The zero-order chi connectivity index (χ0) is 17.1. The number of nitrogens with one attached hydrogen (secondary N) is 1. The first kappa shape index (κ1) is 16.5. The van der Waals surface area contributed by atoms with Crippen LogP contribution in [-0.4, -0.2) is 20.3 Å². The van der Waals surface area contributed by atoms with Crippen molar-refractivity contribution in [2.45, 2.75) is 19.9 Å². The summed E-state index contributed by atoms with van der Waals surface area (Å²) in [5.41, 5.74) is 2.05. The van der Waals surface area contributed by atoms with Crippen molar-refractivity contribution in [3.63, 3.8) is 0 Å². The number of hydrogen-bond acceptors (Lipinski definition) is 4. The Morgan fingerprint density at radius 3 is 2.88 bits per heavy atom. The zero-order valence-electron chi connectivity index (χ0n) is 12.9. The second-order valence-corrected chi connectivity index (χ2v) is 6.41. The van der Waals surface area contributed by atoms with E-state index in [2.05, 4.69) is 10.4 Å². The molecular weight excluding hydrogens is 348 g/mol. The number of thiazole rings is 1. The molecule has 3 rings (SSSR count). The van der Waals surface area contributed by atoms with Crippen LogP contribution in [0.2, 0.25) is 5.02 Å². The van der Waals surface area contributed by atoms with Gasteiger partial charge in [-0.1, -0.05) is 29.0 Å². The van der Waals surface area contributed by atoms with Crippen LogP contribution < -0.4 is 10.2 Å². The van der Waals surface area contributed by atoms with Crippen LogP contribution in [0.15, 0.2) is 46.8 Å². The molecule has 1 amide bonds. The Morgan fingerprint density at radius 1 is 1.38 bits per heavy atom. The van der Waals surface area contributed by atoms with Gasteiger partial charge in [-0.3, -0.25) is 9.59 Å². The Kier molecular flexibility index (Phi) is 4.82. The molecule has 2 heterocycles. The summed E-state index contributed by atoms with van der Waals surface area (Å²) in [5.74, 6) is -0.192. The number of rotatable bonds is 5. The van der Waals surface area contributed by atoms with Crippen LogP contribution in [0.5, 0.6) is 0 Å². The largest absolute Gasteiger partial charge is 0.324 e. The number of nitrogens with zero attached hydrogens (tertiary/aromatic N) is 3. The highest BCUT2D eigenvalue weighted by molar-refractivity contribution is 7.07. The highest BCUT2D eigenvalue weighted by Gasteiger charge is 2.13. The molecule has 1 aromatic carbocycles. The van der Waals surface area contributed by atoms with Crippen molar-refractivity contribution >= 4 is 34.5 Å². The molecule has 0 radical (unpaired) electrons. The van der Waals surface area contributed by atoms with Crippen LogP contribution in [0.4, 0.5) is 5.69 Å². The zero-order valence-corrected chi connectivity index (χ0v) is 14.5. The van der Waals surface area contributed by atoms with E-state index < -0.39 is 0 Å². The van der Waals surface area contributed by atoms with Gasteiger partial charge in [-0.05, 0) is 25.1 Å². The van der Waals surface area contributed by atoms with Gasteiger partial charge in [0, 0.05) is 36.4 Å². The lowest BCUT2D eigenvalue weighted by Gasteiger charge is -2.13. The third-order valence-corrected chi connectivity index (χ3v) is 4.72. The lowest BCUT2D eigenvalue weighted by atomic mass is 10.2. The summed E-state index contributed by atoms with van der Waals surface area (Å²) < 4.78 is 3.20. The van der Waals surface area contributed by atoms with E-state index in [-0.39, 0.29) is 17.2 Å². The Bertz CT molecular complexity index is 915. The van der Waals surface area contributed by atoms with Gasteiger partial charge in [0.15, 0.2) is 0 Å². The molecule has 0 aliphatic carbocycles. The van der Waals surface area contributed by atoms with Gasteiger partial charge in [0.05, 0.1) is 10.7 Å². The van der Waals surface area contributed by atoms with E-state index >= 15 is 0 Å². The summed E-state index contributed by atoms with van der Waals surface area (Å²) >= 11 is 7.38. The SMILES string of the molecule is Cc1csc(=O)n1CCC(=O)Nc1cccc(Cl)c1-n1cccn1. The van der Waals surface area contributed by atoms with Crippen molar-refractivity contribution in [3.8, 4) is 5.69 Å². The Morgan fingerprint density at radius 2 is 2.21 bits per heavy atom. The number of aryl methyl sites for hydroxylation is 1. The van der Waals surface area contributed by atoms with Crippen LogP contribution in [0.3, 0.4) is 0 Å². The fourth-order valence-corrected chi connectivity index (χ4v) is 3.37. The molecule has 6 nitrogen and oxygen atoms in total. The van der Waals surface area contributed by atoms with Crippen LogP contribution >= 0.6 is 22.9 Å². The predicted octanol–water partition coefficient (Wildman–Crippen LogP) is 3.09. The van der Waals surface area contributed by atoms with Gasteiger partial charge in [-0.2, -0.15) is 5.10 Å². The number of halogens is 1. The molecule has 0 fully saturated rings. The maximum Gasteiger partial charge on any atom is 0.307 e. The number of carbonyl (C=O) groups excluding carboxylic acids is 1. The normalized spacial score (nSPS) is 10.8. The lowest BCUT2D eigenvalue weighted by molar-refractivity contribution is -0.116. The van der Waals surface area contributed by atoms with Crippen molar-refractivity contribution in [1.29, 1.82) is 0 Å². The predicted molar refractivity (Wildman–Crippen MR) is 95.1 cm³/mol. The van der Waals surface area contributed by atoms with Crippen molar-refractivity contribution in [2.75, 3.05) is 5.32 Å². The fraction of sp³-hybridized carbons (Fsp3) is 0.188. The monoisotopic (exact) mass is 362 g/mol. The molecular formula is C16H15ClN4O2S. The average Bonchev–Trinajstić information content (AvgIpc) is 3.17. The van der Waals surface area contributed by atoms with Crippen molar-refractivity contribution < 1.29 is 4.79 Å². The lowest BCUT2D eigenvalue weighted by Crippen LogP contribution is -2.20. The van der Waals surface area contributed by atoms with Gasteiger partial charge in [-0.15, -0.1) is 0 Å². The third kappa shape index (κ3) is 3.42. The average molecular weight is 363 g/mol. The molecule has 2 aromatic heterocycles. The third-order valence-electron chi connectivity index (χ3n) is 3.53. The van der Waals surface area contributed by atoms with E-state index in [4.69, 9.17) is 11.6 Å². The minimum absolute atomic E-state index is 0.0553. The minimum atomic E-state index is -0.192. The van der Waals surface area contributed by atoms with E-state index in [1.54, 1.807) is 51.3 Å². The van der Waals surface area contributed by atoms with E-state index in [0.717, 1.165) is 17.0 Å². The maximum absolute atomic E-state index is 12.3. The second kappa shape index (κ2) is 7.02. The summed E-state index contributed by atoms with van der Waals surface area (Å²) in [6, 6.07) is 7.05. The summed E-state index contributed by atoms with van der Waals surface area (Å²) in [7, 11) is 0. The summed E-state index contributed by atoms with van der Waals surface area (Å²) in [6.45, 7) is 2.19.